The van der Waals surface area contributed by atoms with Crippen LogP contribution in [0, 0.1) is 0 Å². The van der Waals surface area contributed by atoms with E-state index >= 15 is 0 Å². The summed E-state index contributed by atoms with van der Waals surface area (Å²) in [7, 11) is 1.71. The minimum Gasteiger partial charge on any atom is -0.497 e. The van der Waals surface area contributed by atoms with E-state index in [1.807, 2.05) is 12.3 Å². The lowest BCUT2D eigenvalue weighted by molar-refractivity contribution is 0.415. The molecule has 0 fully saturated rings. The number of nitrogens with zero attached hydrogens (tertiary/aromatic N) is 2. The summed E-state index contributed by atoms with van der Waals surface area (Å²) in [6.07, 6.45) is 1.91. The van der Waals surface area contributed by atoms with E-state index in [9.17, 15) is 0 Å². The van der Waals surface area contributed by atoms with Gasteiger partial charge in [-0.05, 0) is 46.4 Å². The van der Waals surface area contributed by atoms with Gasteiger partial charge in [0.2, 0.25) is 0 Å². The number of hydrogen-bond donors (Lipinski definition) is 0. The van der Waals surface area contributed by atoms with Gasteiger partial charge < -0.3 is 9.64 Å². The quantitative estimate of drug-likeness (QED) is 0.596. The molecule has 2 aromatic carbocycles. The largest absolute Gasteiger partial charge is 0.497 e. The van der Waals surface area contributed by atoms with Crippen molar-refractivity contribution in [1.29, 1.82) is 0 Å². The first-order valence-electron chi connectivity index (χ1n) is 8.98. The van der Waals surface area contributed by atoms with Crippen molar-refractivity contribution >= 4 is 11.5 Å². The smallest absolute Gasteiger partial charge is 0.133 e. The van der Waals surface area contributed by atoms with Crippen molar-refractivity contribution in [3.8, 4) is 16.9 Å². The van der Waals surface area contributed by atoms with E-state index in [0.717, 1.165) is 23.8 Å². The number of ether oxygens (including phenoxy) is 1. The Bertz CT molecular complexity index is 956. The van der Waals surface area contributed by atoms with E-state index in [1.54, 1.807) is 7.11 Å². The van der Waals surface area contributed by atoms with E-state index in [1.165, 1.54) is 22.3 Å². The van der Waals surface area contributed by atoms with Gasteiger partial charge in [-0.2, -0.15) is 0 Å². The molecular weight excluding hydrogens is 320 g/mol. The molecule has 0 aliphatic carbocycles. The van der Waals surface area contributed by atoms with Gasteiger partial charge >= 0.3 is 0 Å². The van der Waals surface area contributed by atoms with E-state index < -0.39 is 0 Å². The first-order chi connectivity index (χ1) is 12.5. The van der Waals surface area contributed by atoms with Crippen LogP contribution in [-0.2, 0) is 12.0 Å². The average Bonchev–Trinajstić information content (AvgIpc) is 2.66. The van der Waals surface area contributed by atoms with Gasteiger partial charge in [-0.15, -0.1) is 0 Å². The molecule has 0 unspecified atom stereocenters. The third-order valence-electron chi connectivity index (χ3n) is 5.02. The maximum absolute atomic E-state index is 5.48. The zero-order chi connectivity index (χ0) is 18.3. The van der Waals surface area contributed by atoms with Crippen LogP contribution in [0.3, 0.4) is 0 Å². The van der Waals surface area contributed by atoms with E-state index in [2.05, 4.69) is 79.2 Å². The number of benzene rings is 2. The van der Waals surface area contributed by atoms with Crippen LogP contribution < -0.4 is 9.64 Å². The van der Waals surface area contributed by atoms with Crippen molar-refractivity contribution < 1.29 is 4.74 Å². The molecular formula is C23H24N2O. The molecule has 132 valence electrons. The number of pyridine rings is 1. The summed E-state index contributed by atoms with van der Waals surface area (Å²) in [5, 5.41) is 0. The van der Waals surface area contributed by atoms with Gasteiger partial charge in [-0.1, -0.05) is 45.0 Å². The highest BCUT2D eigenvalue weighted by atomic mass is 16.5. The second-order valence-corrected chi connectivity index (χ2v) is 7.78. The van der Waals surface area contributed by atoms with Gasteiger partial charge in [0.05, 0.1) is 19.3 Å². The summed E-state index contributed by atoms with van der Waals surface area (Å²) in [4.78, 5) is 6.98. The number of hydrogen-bond acceptors (Lipinski definition) is 3. The molecule has 1 aliphatic heterocycles. The SMILES string of the molecule is COc1ccc2c(c1)N(c1cc(C(C)(C)C)ccn1)Cc1ccccc1-2. The fraction of sp³-hybridized carbons (Fsp3) is 0.261. The molecule has 0 N–H and O–H groups in total. The highest BCUT2D eigenvalue weighted by Gasteiger charge is 2.25. The van der Waals surface area contributed by atoms with Crippen LogP contribution in [-0.4, -0.2) is 12.1 Å². The summed E-state index contributed by atoms with van der Waals surface area (Å²) >= 11 is 0. The number of methoxy groups -OCH3 is 1. The number of anilines is 2. The summed E-state index contributed by atoms with van der Waals surface area (Å²) in [6.45, 7) is 7.49. The number of rotatable bonds is 2. The molecule has 0 radical (unpaired) electrons. The Balaban J connectivity index is 1.89. The van der Waals surface area contributed by atoms with Crippen LogP contribution in [0.1, 0.15) is 31.9 Å². The summed E-state index contributed by atoms with van der Waals surface area (Å²) in [5.41, 5.74) is 6.33. The maximum Gasteiger partial charge on any atom is 0.133 e. The second kappa shape index (κ2) is 6.17. The van der Waals surface area contributed by atoms with E-state index in [4.69, 9.17) is 4.74 Å². The average molecular weight is 344 g/mol. The fourth-order valence-electron chi connectivity index (χ4n) is 3.50. The molecule has 1 aromatic heterocycles. The maximum atomic E-state index is 5.48. The molecule has 3 heteroatoms. The summed E-state index contributed by atoms with van der Waals surface area (Å²) in [5.74, 6) is 1.83. The zero-order valence-corrected chi connectivity index (χ0v) is 15.8. The molecule has 0 bridgehead atoms. The van der Waals surface area contributed by atoms with Crippen LogP contribution >= 0.6 is 0 Å². The van der Waals surface area contributed by atoms with Gasteiger partial charge in [0.1, 0.15) is 11.6 Å². The number of fused-ring (bicyclic) bond motifs is 3. The molecule has 0 atom stereocenters. The molecule has 0 amide bonds. The first kappa shape index (κ1) is 16.6. The predicted octanol–water partition coefficient (Wildman–Crippen LogP) is 5.71. The number of aromatic nitrogens is 1. The first-order valence-corrected chi connectivity index (χ1v) is 8.98. The molecule has 3 aromatic rings. The highest BCUT2D eigenvalue weighted by Crippen LogP contribution is 2.44. The molecule has 26 heavy (non-hydrogen) atoms. The van der Waals surface area contributed by atoms with Crippen molar-refractivity contribution in [3.63, 3.8) is 0 Å². The predicted molar refractivity (Wildman–Crippen MR) is 107 cm³/mol. The van der Waals surface area contributed by atoms with Gasteiger partial charge in [0.15, 0.2) is 0 Å². The van der Waals surface area contributed by atoms with Crippen LogP contribution in [0.4, 0.5) is 11.5 Å². The monoisotopic (exact) mass is 344 g/mol. The fourth-order valence-corrected chi connectivity index (χ4v) is 3.50. The Kier molecular flexibility index (Phi) is 3.95. The third-order valence-corrected chi connectivity index (χ3v) is 5.02. The van der Waals surface area contributed by atoms with Gasteiger partial charge in [0.25, 0.3) is 0 Å². The Morgan fingerprint density at radius 3 is 2.54 bits per heavy atom. The van der Waals surface area contributed by atoms with Crippen molar-refractivity contribution in [2.24, 2.45) is 0 Å². The lowest BCUT2D eigenvalue weighted by atomic mass is 9.87. The van der Waals surface area contributed by atoms with Gasteiger partial charge in [-0.25, -0.2) is 4.98 Å². The third kappa shape index (κ3) is 2.84. The van der Waals surface area contributed by atoms with E-state index in [0.29, 0.717) is 0 Å². The minimum atomic E-state index is 0.0859. The molecule has 1 aliphatic rings. The van der Waals surface area contributed by atoms with Crippen molar-refractivity contribution in [2.45, 2.75) is 32.7 Å². The highest BCUT2D eigenvalue weighted by molar-refractivity contribution is 5.87. The lowest BCUT2D eigenvalue weighted by Gasteiger charge is -2.33. The van der Waals surface area contributed by atoms with Gasteiger partial charge in [-0.3, -0.25) is 0 Å². The Morgan fingerprint density at radius 2 is 1.77 bits per heavy atom. The molecule has 0 saturated heterocycles. The summed E-state index contributed by atoms with van der Waals surface area (Å²) in [6, 6.07) is 19.2. The molecule has 0 spiro atoms. The van der Waals surface area contributed by atoms with Crippen LogP contribution in [0.25, 0.3) is 11.1 Å². The Morgan fingerprint density at radius 1 is 0.962 bits per heavy atom. The topological polar surface area (TPSA) is 25.4 Å². The second-order valence-electron chi connectivity index (χ2n) is 7.78. The van der Waals surface area contributed by atoms with Crippen LogP contribution in [0.15, 0.2) is 60.8 Å². The molecule has 0 saturated carbocycles. The van der Waals surface area contributed by atoms with Crippen molar-refractivity contribution in [2.75, 3.05) is 12.0 Å². The lowest BCUT2D eigenvalue weighted by Crippen LogP contribution is -2.23. The molecule has 3 nitrogen and oxygen atoms in total. The zero-order valence-electron chi connectivity index (χ0n) is 15.8. The normalized spacial score (nSPS) is 13.2. The molecule has 2 heterocycles. The Labute approximate surface area is 155 Å². The summed E-state index contributed by atoms with van der Waals surface area (Å²) < 4.78 is 5.48. The minimum absolute atomic E-state index is 0.0859. The van der Waals surface area contributed by atoms with Crippen LogP contribution in [0.2, 0.25) is 0 Å². The van der Waals surface area contributed by atoms with Crippen molar-refractivity contribution in [1.82, 2.24) is 4.98 Å². The molecule has 4 rings (SSSR count). The Hall–Kier alpha value is -2.81. The van der Waals surface area contributed by atoms with Crippen molar-refractivity contribution in [3.05, 3.63) is 71.9 Å². The van der Waals surface area contributed by atoms with E-state index in [-0.39, 0.29) is 5.41 Å². The standard InChI is InChI=1S/C23H24N2O/c1-23(2,3)17-11-12-24-22(13-17)25-15-16-7-5-6-8-19(16)20-10-9-18(26-4)14-21(20)25/h5-14H,15H2,1-4H3. The van der Waals surface area contributed by atoms with Crippen LogP contribution in [0.5, 0.6) is 5.75 Å². The van der Waals surface area contributed by atoms with Gasteiger partial charge in [0, 0.05) is 17.8 Å².